The van der Waals surface area contributed by atoms with Gasteiger partial charge in [-0.25, -0.2) is 4.79 Å². The van der Waals surface area contributed by atoms with Crippen LogP contribution in [0.25, 0.3) is 0 Å². The number of carbonyl (C=O) groups excluding carboxylic acids is 4. The molecule has 1 rings (SSSR count). The van der Waals surface area contributed by atoms with Crippen LogP contribution in [0.15, 0.2) is 35.3 Å². The number of benzene rings is 1. The van der Waals surface area contributed by atoms with E-state index in [1.165, 1.54) is 11.8 Å². The van der Waals surface area contributed by atoms with E-state index in [0.29, 0.717) is 5.75 Å². The molecule has 1 aromatic rings. The number of hydrogen-bond donors (Lipinski definition) is 8. The molecule has 1 aromatic carbocycles. The summed E-state index contributed by atoms with van der Waals surface area (Å²) < 4.78 is 0. The molecule has 14 nitrogen and oxygen atoms in total. The minimum Gasteiger partial charge on any atom is -0.480 e. The molecule has 0 radical (unpaired) electrons. The van der Waals surface area contributed by atoms with Gasteiger partial charge < -0.3 is 44.0 Å². The highest BCUT2D eigenvalue weighted by Crippen LogP contribution is 2.07. The number of carbonyl (C=O) groups is 5. The SMILES string of the molecule is CSCCC(NC(=O)C(N)Cc1ccccc1)C(=O)NC(CC(N)=O)C(=O)NC(CCCN=C(N)N)C(=O)O. The number of thioether (sulfide) groups is 1. The lowest BCUT2D eigenvalue weighted by Gasteiger charge is -2.24. The molecule has 0 saturated heterocycles. The van der Waals surface area contributed by atoms with Gasteiger partial charge >= 0.3 is 5.97 Å². The standard InChI is InChI=1S/C24H38N8O6S/c1-39-11-9-16(30-20(34)15(25)12-14-6-3-2-4-7-14)21(35)32-18(13-19(26)33)22(36)31-17(23(37)38)8-5-10-29-24(27)28/h2-4,6-7,15-18H,5,8-13,25H2,1H3,(H2,26,33)(H,30,34)(H,31,36)(H,32,35)(H,37,38)(H4,27,28,29). The molecule has 0 spiro atoms. The lowest BCUT2D eigenvalue weighted by Crippen LogP contribution is -2.58. The molecule has 216 valence electrons. The average molecular weight is 567 g/mol. The lowest BCUT2D eigenvalue weighted by molar-refractivity contribution is -0.142. The van der Waals surface area contributed by atoms with E-state index in [0.717, 1.165) is 5.56 Å². The zero-order valence-electron chi connectivity index (χ0n) is 21.8. The molecule has 4 unspecified atom stereocenters. The van der Waals surface area contributed by atoms with E-state index in [1.54, 1.807) is 0 Å². The second-order valence-electron chi connectivity index (χ2n) is 8.72. The van der Waals surface area contributed by atoms with Crippen LogP contribution in [0.1, 0.15) is 31.2 Å². The number of hydrogen-bond acceptors (Lipinski definition) is 8. The summed E-state index contributed by atoms with van der Waals surface area (Å²) in [5.41, 5.74) is 22.6. The van der Waals surface area contributed by atoms with Gasteiger partial charge in [-0.15, -0.1) is 0 Å². The first-order chi connectivity index (χ1) is 18.4. The molecule has 0 aliphatic rings. The number of nitrogens with zero attached hydrogens (tertiary/aromatic N) is 1. The zero-order chi connectivity index (χ0) is 29.4. The summed E-state index contributed by atoms with van der Waals surface area (Å²) in [6, 6.07) is 4.31. The Hall–Kier alpha value is -3.85. The predicted octanol–water partition coefficient (Wildman–Crippen LogP) is -2.22. The van der Waals surface area contributed by atoms with Crippen LogP contribution in [0, 0.1) is 0 Å². The lowest BCUT2D eigenvalue weighted by atomic mass is 10.0. The summed E-state index contributed by atoms with van der Waals surface area (Å²) in [4.78, 5) is 65.7. The molecule has 0 aliphatic heterocycles. The minimum atomic E-state index is -1.47. The Labute approximate surface area is 231 Å². The number of aliphatic imine (C=N–C) groups is 1. The number of amides is 4. The summed E-state index contributed by atoms with van der Waals surface area (Å²) in [5, 5.41) is 16.8. The second-order valence-corrected chi connectivity index (χ2v) is 9.70. The summed E-state index contributed by atoms with van der Waals surface area (Å²) in [5.74, 6) is -4.12. The quantitative estimate of drug-likeness (QED) is 0.0539. The van der Waals surface area contributed by atoms with Gasteiger partial charge in [0, 0.05) is 6.54 Å². The number of guanidine groups is 1. The van der Waals surface area contributed by atoms with E-state index in [4.69, 9.17) is 22.9 Å². The van der Waals surface area contributed by atoms with Crippen molar-refractivity contribution in [3.63, 3.8) is 0 Å². The minimum absolute atomic E-state index is 0.0131. The fourth-order valence-corrected chi connectivity index (χ4v) is 3.93. The van der Waals surface area contributed by atoms with Gasteiger partial charge in [0.25, 0.3) is 0 Å². The molecule has 15 heteroatoms. The Morgan fingerprint density at radius 3 is 2.05 bits per heavy atom. The zero-order valence-corrected chi connectivity index (χ0v) is 22.6. The Kier molecular flexibility index (Phi) is 15.0. The molecular weight excluding hydrogens is 528 g/mol. The van der Waals surface area contributed by atoms with Gasteiger partial charge in [0.2, 0.25) is 23.6 Å². The van der Waals surface area contributed by atoms with E-state index in [-0.39, 0.29) is 38.2 Å². The molecule has 0 bridgehead atoms. The first-order valence-corrected chi connectivity index (χ1v) is 13.6. The van der Waals surface area contributed by atoms with E-state index in [9.17, 15) is 29.1 Å². The fraction of sp³-hybridized carbons (Fsp3) is 0.500. The van der Waals surface area contributed by atoms with Gasteiger partial charge in [0.15, 0.2) is 5.96 Å². The van der Waals surface area contributed by atoms with Crippen LogP contribution in [0.2, 0.25) is 0 Å². The van der Waals surface area contributed by atoms with Crippen molar-refractivity contribution in [1.29, 1.82) is 0 Å². The van der Waals surface area contributed by atoms with Crippen molar-refractivity contribution in [2.45, 2.75) is 56.3 Å². The molecule has 0 aromatic heterocycles. The largest absolute Gasteiger partial charge is 0.480 e. The third-order valence-electron chi connectivity index (χ3n) is 5.48. The van der Waals surface area contributed by atoms with Gasteiger partial charge in [0.05, 0.1) is 12.5 Å². The van der Waals surface area contributed by atoms with Crippen LogP contribution in [-0.2, 0) is 30.4 Å². The Morgan fingerprint density at radius 1 is 0.897 bits per heavy atom. The van der Waals surface area contributed by atoms with Crippen molar-refractivity contribution >= 4 is 47.3 Å². The van der Waals surface area contributed by atoms with Gasteiger partial charge in [-0.2, -0.15) is 11.8 Å². The van der Waals surface area contributed by atoms with Crippen LogP contribution < -0.4 is 38.9 Å². The first-order valence-electron chi connectivity index (χ1n) is 12.2. The van der Waals surface area contributed by atoms with Crippen LogP contribution in [0.3, 0.4) is 0 Å². The number of primary amides is 1. The van der Waals surface area contributed by atoms with Crippen molar-refractivity contribution in [2.75, 3.05) is 18.6 Å². The highest BCUT2D eigenvalue weighted by atomic mass is 32.2. The maximum atomic E-state index is 13.1. The highest BCUT2D eigenvalue weighted by molar-refractivity contribution is 7.98. The second kappa shape index (κ2) is 17.6. The number of carboxylic acids is 1. The molecule has 39 heavy (non-hydrogen) atoms. The molecule has 0 fully saturated rings. The molecule has 0 heterocycles. The maximum Gasteiger partial charge on any atom is 0.326 e. The normalized spacial score (nSPS) is 13.7. The van der Waals surface area contributed by atoms with Crippen molar-refractivity contribution in [3.8, 4) is 0 Å². The summed E-state index contributed by atoms with van der Waals surface area (Å²) in [6.07, 6.45) is 1.92. The van der Waals surface area contributed by atoms with Gasteiger partial charge in [-0.05, 0) is 43.3 Å². The van der Waals surface area contributed by atoms with Crippen LogP contribution in [0.5, 0.6) is 0 Å². The van der Waals surface area contributed by atoms with Crippen molar-refractivity contribution in [3.05, 3.63) is 35.9 Å². The van der Waals surface area contributed by atoms with Gasteiger partial charge in [0.1, 0.15) is 18.1 Å². The topological polar surface area (TPSA) is 258 Å². The predicted molar refractivity (Wildman–Crippen MR) is 148 cm³/mol. The molecular formula is C24H38N8O6S. The van der Waals surface area contributed by atoms with E-state index in [1.807, 2.05) is 36.6 Å². The monoisotopic (exact) mass is 566 g/mol. The molecule has 4 atom stereocenters. The first kappa shape index (κ1) is 33.2. The Balaban J connectivity index is 2.92. The van der Waals surface area contributed by atoms with Crippen LogP contribution >= 0.6 is 11.8 Å². The summed E-state index contributed by atoms with van der Waals surface area (Å²) in [6.45, 7) is 0.145. The van der Waals surface area contributed by atoms with Crippen molar-refractivity contribution in [1.82, 2.24) is 16.0 Å². The number of nitrogens with two attached hydrogens (primary N) is 4. The van der Waals surface area contributed by atoms with Crippen molar-refractivity contribution < 1.29 is 29.1 Å². The summed E-state index contributed by atoms with van der Waals surface area (Å²) >= 11 is 1.44. The molecule has 12 N–H and O–H groups in total. The fourth-order valence-electron chi connectivity index (χ4n) is 3.46. The van der Waals surface area contributed by atoms with Crippen molar-refractivity contribution in [2.24, 2.45) is 27.9 Å². The van der Waals surface area contributed by atoms with E-state index < -0.39 is 60.2 Å². The van der Waals surface area contributed by atoms with E-state index >= 15 is 0 Å². The number of rotatable bonds is 18. The molecule has 4 amide bonds. The van der Waals surface area contributed by atoms with E-state index in [2.05, 4.69) is 20.9 Å². The molecule has 0 saturated carbocycles. The third kappa shape index (κ3) is 13.5. The average Bonchev–Trinajstić information content (AvgIpc) is 2.87. The highest BCUT2D eigenvalue weighted by Gasteiger charge is 2.31. The Bertz CT molecular complexity index is 1010. The molecule has 0 aliphatic carbocycles. The van der Waals surface area contributed by atoms with Crippen LogP contribution in [-0.4, -0.2) is 83.4 Å². The number of carboxylic acid groups (broad SMARTS) is 1. The number of aliphatic carboxylic acids is 1. The van der Waals surface area contributed by atoms with Gasteiger partial charge in [-0.3, -0.25) is 24.2 Å². The maximum absolute atomic E-state index is 13.1. The van der Waals surface area contributed by atoms with Gasteiger partial charge in [-0.1, -0.05) is 30.3 Å². The third-order valence-corrected chi connectivity index (χ3v) is 6.12. The summed E-state index contributed by atoms with van der Waals surface area (Å²) in [7, 11) is 0. The Morgan fingerprint density at radius 2 is 1.49 bits per heavy atom. The van der Waals surface area contributed by atoms with Crippen LogP contribution in [0.4, 0.5) is 0 Å². The number of nitrogens with one attached hydrogen (secondary N) is 3. The smallest absolute Gasteiger partial charge is 0.326 e.